The lowest BCUT2D eigenvalue weighted by molar-refractivity contribution is 1.10. The Morgan fingerprint density at radius 1 is 0.442 bits per heavy atom. The van der Waals surface area contributed by atoms with E-state index < -0.39 is 0 Å². The third-order valence-corrected chi connectivity index (χ3v) is 9.37. The molecular formula is C37H22I2N4. The van der Waals surface area contributed by atoms with Crippen molar-refractivity contribution < 1.29 is 0 Å². The van der Waals surface area contributed by atoms with Gasteiger partial charge in [0.2, 0.25) is 0 Å². The van der Waals surface area contributed by atoms with Crippen molar-refractivity contribution in [1.82, 2.24) is 19.5 Å². The number of imidazole rings is 1. The fourth-order valence-electron chi connectivity index (χ4n) is 5.89. The highest BCUT2D eigenvalue weighted by atomic mass is 127. The summed E-state index contributed by atoms with van der Waals surface area (Å²) in [5.74, 6) is 0.921. The van der Waals surface area contributed by atoms with Crippen molar-refractivity contribution in [3.8, 4) is 39.3 Å². The summed E-state index contributed by atoms with van der Waals surface area (Å²) in [6.45, 7) is 0. The van der Waals surface area contributed by atoms with Crippen LogP contribution < -0.4 is 0 Å². The highest BCUT2D eigenvalue weighted by Gasteiger charge is 2.21. The Morgan fingerprint density at radius 2 is 0.930 bits per heavy atom. The first kappa shape index (κ1) is 26.5. The Kier molecular flexibility index (Phi) is 6.68. The molecule has 4 nitrogen and oxygen atoms in total. The van der Waals surface area contributed by atoms with Crippen LogP contribution in [0.25, 0.3) is 71.9 Å². The molecule has 0 aliphatic heterocycles. The van der Waals surface area contributed by atoms with E-state index in [9.17, 15) is 0 Å². The predicted octanol–water partition coefficient (Wildman–Crippen LogP) is 10.3. The van der Waals surface area contributed by atoms with Crippen molar-refractivity contribution in [3.63, 3.8) is 0 Å². The number of halogens is 2. The van der Waals surface area contributed by atoms with Crippen molar-refractivity contribution in [3.05, 3.63) is 141 Å². The molecule has 0 atom stereocenters. The zero-order valence-electron chi connectivity index (χ0n) is 22.7. The molecule has 5 aromatic carbocycles. The van der Waals surface area contributed by atoms with Gasteiger partial charge in [-0.2, -0.15) is 0 Å². The van der Waals surface area contributed by atoms with E-state index in [1.807, 2.05) is 24.8 Å². The molecule has 0 unspecified atom stereocenters. The van der Waals surface area contributed by atoms with Crippen LogP contribution in [0, 0.1) is 7.14 Å². The van der Waals surface area contributed by atoms with Gasteiger partial charge in [-0.25, -0.2) is 4.98 Å². The van der Waals surface area contributed by atoms with Crippen LogP contribution in [0.15, 0.2) is 134 Å². The number of hydrogen-bond acceptors (Lipinski definition) is 3. The second-order valence-electron chi connectivity index (χ2n) is 10.4. The first-order valence-corrected chi connectivity index (χ1v) is 16.0. The summed E-state index contributed by atoms with van der Waals surface area (Å²) in [5.41, 5.74) is 8.80. The third kappa shape index (κ3) is 4.69. The predicted molar refractivity (Wildman–Crippen MR) is 193 cm³/mol. The van der Waals surface area contributed by atoms with Gasteiger partial charge in [-0.15, -0.1) is 0 Å². The lowest BCUT2D eigenvalue weighted by Gasteiger charge is -2.14. The van der Waals surface area contributed by atoms with E-state index in [0.717, 1.165) is 61.1 Å². The Labute approximate surface area is 275 Å². The fourth-order valence-corrected chi connectivity index (χ4v) is 6.61. The van der Waals surface area contributed by atoms with Crippen LogP contribution in [-0.2, 0) is 0 Å². The monoisotopic (exact) mass is 776 g/mol. The van der Waals surface area contributed by atoms with Gasteiger partial charge in [0.05, 0.1) is 11.0 Å². The number of pyridine rings is 2. The molecule has 0 bridgehead atoms. The molecule has 0 aliphatic rings. The Hall–Kier alpha value is -4.15. The van der Waals surface area contributed by atoms with Gasteiger partial charge in [-0.05, 0) is 151 Å². The van der Waals surface area contributed by atoms with Crippen LogP contribution in [0.3, 0.4) is 0 Å². The molecule has 0 fully saturated rings. The molecule has 0 spiro atoms. The van der Waals surface area contributed by atoms with E-state index in [1.54, 1.807) is 0 Å². The van der Waals surface area contributed by atoms with Gasteiger partial charge in [0.15, 0.2) is 0 Å². The molecule has 204 valence electrons. The van der Waals surface area contributed by atoms with Crippen molar-refractivity contribution >= 4 is 77.8 Å². The van der Waals surface area contributed by atoms with E-state index >= 15 is 0 Å². The number of aromatic nitrogens is 4. The minimum atomic E-state index is 0.921. The summed E-state index contributed by atoms with van der Waals surface area (Å²) in [6, 6.07) is 39.1. The second-order valence-corrected chi connectivity index (χ2v) is 12.9. The van der Waals surface area contributed by atoms with E-state index in [4.69, 9.17) is 4.98 Å². The van der Waals surface area contributed by atoms with Crippen LogP contribution in [0.2, 0.25) is 0 Å². The van der Waals surface area contributed by atoms with Gasteiger partial charge in [-0.3, -0.25) is 14.5 Å². The summed E-state index contributed by atoms with van der Waals surface area (Å²) in [5, 5.41) is 4.67. The number of fused-ring (bicyclic) bond motifs is 6. The highest BCUT2D eigenvalue weighted by molar-refractivity contribution is 14.1. The maximum atomic E-state index is 5.46. The molecule has 0 aliphatic carbocycles. The average Bonchev–Trinajstić information content (AvgIpc) is 3.47. The molecule has 3 aromatic heterocycles. The van der Waals surface area contributed by atoms with Crippen molar-refractivity contribution in [2.24, 2.45) is 0 Å². The first-order chi connectivity index (χ1) is 21.1. The number of rotatable bonds is 4. The van der Waals surface area contributed by atoms with Crippen LogP contribution in [0.5, 0.6) is 0 Å². The number of nitrogens with zero attached hydrogens (tertiary/aromatic N) is 4. The molecule has 0 N–H and O–H groups in total. The van der Waals surface area contributed by atoms with E-state index in [2.05, 4.69) is 169 Å². The van der Waals surface area contributed by atoms with E-state index in [1.165, 1.54) is 17.9 Å². The van der Waals surface area contributed by atoms with Crippen molar-refractivity contribution in [2.45, 2.75) is 0 Å². The minimum Gasteiger partial charge on any atom is -0.292 e. The number of hydrogen-bond donors (Lipinski definition) is 0. The molecule has 0 amide bonds. The number of benzene rings is 5. The zero-order valence-corrected chi connectivity index (χ0v) is 27.1. The molecule has 0 radical (unpaired) electrons. The fraction of sp³-hybridized carbons (Fsp3) is 0. The Bertz CT molecular complexity index is 2280. The Balaban J connectivity index is 1.55. The largest absolute Gasteiger partial charge is 0.292 e. The highest BCUT2D eigenvalue weighted by Crippen LogP contribution is 2.41. The van der Waals surface area contributed by atoms with Gasteiger partial charge in [-0.1, -0.05) is 36.4 Å². The van der Waals surface area contributed by atoms with Gasteiger partial charge in [0, 0.05) is 54.0 Å². The lowest BCUT2D eigenvalue weighted by atomic mass is 9.94. The average molecular weight is 776 g/mol. The van der Waals surface area contributed by atoms with Crippen LogP contribution >= 0.6 is 45.2 Å². The summed E-state index contributed by atoms with van der Waals surface area (Å²) >= 11 is 4.72. The third-order valence-electron chi connectivity index (χ3n) is 7.93. The SMILES string of the molecule is Ic1ccc(-c2nc3c4cc(-c5ccncc5)ccc4c4ccc(-c5ccncc5)cc4c3n2-c2ccc(I)cc2)cc1. The quantitative estimate of drug-likeness (QED) is 0.132. The van der Waals surface area contributed by atoms with Crippen LogP contribution in [0.4, 0.5) is 0 Å². The molecule has 43 heavy (non-hydrogen) atoms. The molecule has 0 saturated carbocycles. The van der Waals surface area contributed by atoms with Gasteiger partial charge >= 0.3 is 0 Å². The maximum absolute atomic E-state index is 5.46. The van der Waals surface area contributed by atoms with Gasteiger partial charge in [0.1, 0.15) is 5.82 Å². The van der Waals surface area contributed by atoms with Crippen molar-refractivity contribution in [2.75, 3.05) is 0 Å². The lowest BCUT2D eigenvalue weighted by Crippen LogP contribution is -1.98. The van der Waals surface area contributed by atoms with Gasteiger partial charge < -0.3 is 0 Å². The molecular weight excluding hydrogens is 754 g/mol. The first-order valence-electron chi connectivity index (χ1n) is 13.9. The summed E-state index contributed by atoms with van der Waals surface area (Å²) in [6.07, 6.45) is 7.38. The Morgan fingerprint density at radius 3 is 1.51 bits per heavy atom. The molecule has 3 heterocycles. The van der Waals surface area contributed by atoms with Crippen LogP contribution in [-0.4, -0.2) is 19.5 Å². The van der Waals surface area contributed by atoms with Crippen LogP contribution in [0.1, 0.15) is 0 Å². The summed E-state index contributed by atoms with van der Waals surface area (Å²) in [7, 11) is 0. The second kappa shape index (κ2) is 10.8. The molecule has 8 aromatic rings. The maximum Gasteiger partial charge on any atom is 0.145 e. The minimum absolute atomic E-state index is 0.921. The topological polar surface area (TPSA) is 43.6 Å². The molecule has 0 saturated heterocycles. The molecule has 8 rings (SSSR count). The normalized spacial score (nSPS) is 11.5. The summed E-state index contributed by atoms with van der Waals surface area (Å²) < 4.78 is 4.72. The zero-order chi connectivity index (χ0) is 28.9. The van der Waals surface area contributed by atoms with Gasteiger partial charge in [0.25, 0.3) is 0 Å². The smallest absolute Gasteiger partial charge is 0.145 e. The van der Waals surface area contributed by atoms with E-state index in [0.29, 0.717) is 0 Å². The van der Waals surface area contributed by atoms with E-state index in [-0.39, 0.29) is 0 Å². The summed E-state index contributed by atoms with van der Waals surface area (Å²) in [4.78, 5) is 13.9. The molecule has 6 heteroatoms. The standard InChI is InChI=1S/C37H22I2N4/c38-28-5-1-25(2-6-28)37-42-35-33-21-26(23-13-17-40-18-14-23)3-11-31(33)32-12-4-27(24-15-19-41-20-16-24)22-34(32)36(35)43(37)30-9-7-29(39)8-10-30/h1-22H. The van der Waals surface area contributed by atoms with Crippen molar-refractivity contribution in [1.29, 1.82) is 0 Å².